The lowest BCUT2D eigenvalue weighted by Crippen LogP contribution is -2.48. The van der Waals surface area contributed by atoms with Gasteiger partial charge in [0.25, 0.3) is 5.91 Å². The summed E-state index contributed by atoms with van der Waals surface area (Å²) in [5, 5.41) is 9.55. The summed E-state index contributed by atoms with van der Waals surface area (Å²) < 4.78 is 32.7. The molecule has 0 unspecified atom stereocenters. The van der Waals surface area contributed by atoms with Crippen LogP contribution in [0.2, 0.25) is 0 Å². The topological polar surface area (TPSA) is 87.2 Å². The number of morpholine rings is 1. The second-order valence-electron chi connectivity index (χ2n) is 7.13. The number of piperidine rings is 1. The van der Waals surface area contributed by atoms with Gasteiger partial charge in [-0.05, 0) is 51.0 Å². The average molecular weight is 382 g/mol. The number of nitrogens with zero attached hydrogens (tertiary/aromatic N) is 2. The van der Waals surface area contributed by atoms with Crippen LogP contribution in [0, 0.1) is 0 Å². The highest BCUT2D eigenvalue weighted by atomic mass is 32.2. The molecule has 8 heteroatoms. The number of carbonyl (C=O) groups excluding carboxylic acids is 1. The van der Waals surface area contributed by atoms with E-state index in [-0.39, 0.29) is 29.1 Å². The first kappa shape index (κ1) is 19.3. The number of likely N-dealkylation sites (tertiary alicyclic amines) is 1. The van der Waals surface area contributed by atoms with Crippen LogP contribution in [0.3, 0.4) is 0 Å². The summed E-state index contributed by atoms with van der Waals surface area (Å²) in [4.78, 5) is 14.4. The van der Waals surface area contributed by atoms with Gasteiger partial charge in [0.05, 0.1) is 23.2 Å². The van der Waals surface area contributed by atoms with E-state index in [9.17, 15) is 18.3 Å². The van der Waals surface area contributed by atoms with Crippen LogP contribution < -0.4 is 0 Å². The molecule has 2 aliphatic rings. The number of aliphatic hydroxyl groups excluding tert-OH is 1. The van der Waals surface area contributed by atoms with E-state index in [0.717, 1.165) is 0 Å². The SMILES string of the molecule is C[C@@H]1CN(S(=O)(=O)c2ccc(C(=O)N3CCC(O)CC3)cc2)C[C@H](C)O1. The fourth-order valence-corrected chi connectivity index (χ4v) is 5.09. The Morgan fingerprint density at radius 2 is 1.62 bits per heavy atom. The van der Waals surface area contributed by atoms with Gasteiger partial charge in [0, 0.05) is 31.7 Å². The maximum atomic E-state index is 12.8. The second kappa shape index (κ2) is 7.64. The maximum Gasteiger partial charge on any atom is 0.253 e. The molecule has 1 aromatic carbocycles. The van der Waals surface area contributed by atoms with E-state index in [1.807, 2.05) is 13.8 Å². The van der Waals surface area contributed by atoms with Gasteiger partial charge in [-0.25, -0.2) is 8.42 Å². The van der Waals surface area contributed by atoms with Crippen molar-refractivity contribution in [2.24, 2.45) is 0 Å². The van der Waals surface area contributed by atoms with Crippen LogP contribution in [0.15, 0.2) is 29.2 Å². The number of benzene rings is 1. The molecule has 144 valence electrons. The summed E-state index contributed by atoms with van der Waals surface area (Å²) in [7, 11) is -3.61. The number of rotatable bonds is 3. The highest BCUT2D eigenvalue weighted by Gasteiger charge is 2.32. The van der Waals surface area contributed by atoms with Gasteiger partial charge < -0.3 is 14.7 Å². The molecular weight excluding hydrogens is 356 g/mol. The van der Waals surface area contributed by atoms with Crippen LogP contribution in [-0.2, 0) is 14.8 Å². The maximum absolute atomic E-state index is 12.8. The minimum absolute atomic E-state index is 0.130. The predicted molar refractivity (Wildman–Crippen MR) is 96.4 cm³/mol. The lowest BCUT2D eigenvalue weighted by atomic mass is 10.1. The number of sulfonamides is 1. The molecule has 2 fully saturated rings. The highest BCUT2D eigenvalue weighted by molar-refractivity contribution is 7.89. The Hall–Kier alpha value is -1.48. The zero-order valence-electron chi connectivity index (χ0n) is 15.2. The van der Waals surface area contributed by atoms with Crippen LogP contribution in [-0.4, -0.2) is 73.1 Å². The second-order valence-corrected chi connectivity index (χ2v) is 9.07. The van der Waals surface area contributed by atoms with Crippen molar-refractivity contribution in [2.75, 3.05) is 26.2 Å². The molecule has 2 atom stereocenters. The van der Waals surface area contributed by atoms with Crippen molar-refractivity contribution in [1.29, 1.82) is 0 Å². The molecule has 2 aliphatic heterocycles. The van der Waals surface area contributed by atoms with Gasteiger partial charge in [-0.1, -0.05) is 0 Å². The first-order valence-electron chi connectivity index (χ1n) is 9.00. The molecule has 0 aromatic heterocycles. The van der Waals surface area contributed by atoms with E-state index >= 15 is 0 Å². The van der Waals surface area contributed by atoms with Crippen molar-refractivity contribution in [1.82, 2.24) is 9.21 Å². The lowest BCUT2D eigenvalue weighted by molar-refractivity contribution is -0.0440. The standard InChI is InChI=1S/C18H26N2O5S/c1-13-11-20(12-14(2)25-13)26(23,24)17-5-3-15(4-6-17)18(22)19-9-7-16(21)8-10-19/h3-6,13-14,16,21H,7-12H2,1-2H3/t13-,14+. The third kappa shape index (κ3) is 4.09. The van der Waals surface area contributed by atoms with Crippen LogP contribution in [0.5, 0.6) is 0 Å². The van der Waals surface area contributed by atoms with Gasteiger partial charge in [-0.15, -0.1) is 0 Å². The van der Waals surface area contributed by atoms with Gasteiger partial charge in [0.1, 0.15) is 0 Å². The minimum atomic E-state index is -3.61. The van der Waals surface area contributed by atoms with E-state index < -0.39 is 10.0 Å². The Bertz CT molecular complexity index is 731. The van der Waals surface area contributed by atoms with Gasteiger partial charge in [0.15, 0.2) is 0 Å². The Labute approximate surface area is 154 Å². The molecule has 26 heavy (non-hydrogen) atoms. The first-order chi connectivity index (χ1) is 12.3. The molecular formula is C18H26N2O5S. The molecule has 2 saturated heterocycles. The number of hydrogen-bond donors (Lipinski definition) is 1. The Morgan fingerprint density at radius 1 is 1.08 bits per heavy atom. The van der Waals surface area contributed by atoms with E-state index in [1.165, 1.54) is 16.4 Å². The average Bonchev–Trinajstić information content (AvgIpc) is 2.61. The fourth-order valence-electron chi connectivity index (χ4n) is 3.50. The minimum Gasteiger partial charge on any atom is -0.393 e. The number of carbonyl (C=O) groups is 1. The van der Waals surface area contributed by atoms with Crippen LogP contribution in [0.25, 0.3) is 0 Å². The van der Waals surface area contributed by atoms with Gasteiger partial charge in [0.2, 0.25) is 10.0 Å². The molecule has 0 aliphatic carbocycles. The van der Waals surface area contributed by atoms with Gasteiger partial charge in [-0.2, -0.15) is 4.31 Å². The summed E-state index contributed by atoms with van der Waals surface area (Å²) in [5.41, 5.74) is 0.462. The number of aliphatic hydroxyl groups is 1. The third-order valence-electron chi connectivity index (χ3n) is 4.88. The quantitative estimate of drug-likeness (QED) is 0.845. The van der Waals surface area contributed by atoms with Crippen LogP contribution >= 0.6 is 0 Å². The number of hydrogen-bond acceptors (Lipinski definition) is 5. The van der Waals surface area contributed by atoms with E-state index in [0.29, 0.717) is 44.6 Å². The van der Waals surface area contributed by atoms with Crippen LogP contribution in [0.1, 0.15) is 37.0 Å². The summed E-state index contributed by atoms with van der Waals surface area (Å²) >= 11 is 0. The molecule has 0 spiro atoms. The first-order valence-corrected chi connectivity index (χ1v) is 10.4. The monoisotopic (exact) mass is 382 g/mol. The third-order valence-corrected chi connectivity index (χ3v) is 6.72. The van der Waals surface area contributed by atoms with Gasteiger partial charge >= 0.3 is 0 Å². The smallest absolute Gasteiger partial charge is 0.253 e. The molecule has 0 bridgehead atoms. The van der Waals surface area contributed by atoms with Crippen molar-refractivity contribution in [3.8, 4) is 0 Å². The largest absolute Gasteiger partial charge is 0.393 e. The van der Waals surface area contributed by atoms with Crippen molar-refractivity contribution >= 4 is 15.9 Å². The number of ether oxygens (including phenoxy) is 1. The van der Waals surface area contributed by atoms with Crippen molar-refractivity contribution in [2.45, 2.75) is 49.9 Å². The Balaban J connectivity index is 1.73. The van der Waals surface area contributed by atoms with Crippen molar-refractivity contribution in [3.05, 3.63) is 29.8 Å². The van der Waals surface area contributed by atoms with E-state index in [4.69, 9.17) is 4.74 Å². The molecule has 0 saturated carbocycles. The summed E-state index contributed by atoms with van der Waals surface area (Å²) in [6, 6.07) is 6.11. The zero-order valence-corrected chi connectivity index (χ0v) is 16.0. The predicted octanol–water partition coefficient (Wildman–Crippen LogP) is 1.08. The molecule has 2 heterocycles. The molecule has 0 radical (unpaired) electrons. The summed E-state index contributed by atoms with van der Waals surface area (Å²) in [5.74, 6) is -0.130. The number of amides is 1. The van der Waals surface area contributed by atoms with Gasteiger partial charge in [-0.3, -0.25) is 4.79 Å². The molecule has 7 nitrogen and oxygen atoms in total. The van der Waals surface area contributed by atoms with E-state index in [2.05, 4.69) is 0 Å². The van der Waals surface area contributed by atoms with Crippen molar-refractivity contribution in [3.63, 3.8) is 0 Å². The molecule has 3 rings (SSSR count). The van der Waals surface area contributed by atoms with Crippen molar-refractivity contribution < 1.29 is 23.1 Å². The normalized spacial score (nSPS) is 26.0. The Kier molecular flexibility index (Phi) is 5.67. The zero-order chi connectivity index (χ0) is 18.9. The van der Waals surface area contributed by atoms with E-state index in [1.54, 1.807) is 17.0 Å². The molecule has 1 N–H and O–H groups in total. The molecule has 1 amide bonds. The lowest BCUT2D eigenvalue weighted by Gasteiger charge is -2.34. The summed E-state index contributed by atoms with van der Waals surface area (Å²) in [6.07, 6.45) is 0.509. The molecule has 1 aromatic rings. The Morgan fingerprint density at radius 3 is 2.15 bits per heavy atom. The fraction of sp³-hybridized carbons (Fsp3) is 0.611. The van der Waals surface area contributed by atoms with Crippen LogP contribution in [0.4, 0.5) is 0 Å². The highest BCUT2D eigenvalue weighted by Crippen LogP contribution is 2.22. The summed E-state index contributed by atoms with van der Waals surface area (Å²) in [6.45, 7) is 5.39.